The first kappa shape index (κ1) is 12.7. The maximum absolute atomic E-state index is 5.53. The van der Waals surface area contributed by atoms with Gasteiger partial charge in [-0.05, 0) is 50.8 Å². The van der Waals surface area contributed by atoms with Crippen molar-refractivity contribution in [2.45, 2.75) is 39.2 Å². The summed E-state index contributed by atoms with van der Waals surface area (Å²) >= 11 is 1.72. The number of anilines is 1. The number of thiazole rings is 1. The molecule has 0 aliphatic heterocycles. The van der Waals surface area contributed by atoms with Gasteiger partial charge in [0, 0.05) is 6.04 Å². The molecule has 19 heavy (non-hydrogen) atoms. The molecule has 0 spiro atoms. The Kier molecular flexibility index (Phi) is 3.60. The molecule has 1 unspecified atom stereocenters. The van der Waals surface area contributed by atoms with Gasteiger partial charge in [0.1, 0.15) is 5.75 Å². The molecule has 1 fully saturated rings. The molecule has 1 aliphatic carbocycles. The Labute approximate surface area is 118 Å². The third kappa shape index (κ3) is 2.68. The van der Waals surface area contributed by atoms with Crippen molar-refractivity contribution >= 4 is 26.7 Å². The van der Waals surface area contributed by atoms with E-state index < -0.39 is 0 Å². The van der Waals surface area contributed by atoms with Gasteiger partial charge in [0.2, 0.25) is 0 Å². The number of rotatable bonds is 5. The van der Waals surface area contributed by atoms with Gasteiger partial charge in [-0.2, -0.15) is 0 Å². The molecule has 4 heteroatoms. The van der Waals surface area contributed by atoms with Crippen LogP contribution in [0.2, 0.25) is 0 Å². The Bertz CT molecular complexity index is 562. The second kappa shape index (κ2) is 5.37. The van der Waals surface area contributed by atoms with Crippen LogP contribution < -0.4 is 10.1 Å². The Morgan fingerprint density at radius 3 is 3.00 bits per heavy atom. The van der Waals surface area contributed by atoms with Crippen molar-refractivity contribution in [1.82, 2.24) is 4.98 Å². The average Bonchev–Trinajstić information content (AvgIpc) is 2.68. The third-order valence-electron chi connectivity index (χ3n) is 3.88. The molecule has 0 saturated heterocycles. The summed E-state index contributed by atoms with van der Waals surface area (Å²) in [6.45, 7) is 4.97. The highest BCUT2D eigenvalue weighted by molar-refractivity contribution is 7.22. The van der Waals surface area contributed by atoms with Crippen molar-refractivity contribution in [3.05, 3.63) is 18.2 Å². The standard InChI is InChI=1S/C15H20N2OS/c1-3-18-12-7-8-13-14(9-12)19-15(17-13)16-10(2)11-5-4-6-11/h7-11H,3-6H2,1-2H3,(H,16,17). The summed E-state index contributed by atoms with van der Waals surface area (Å²) in [5, 5.41) is 4.58. The summed E-state index contributed by atoms with van der Waals surface area (Å²) < 4.78 is 6.72. The zero-order valence-corrected chi connectivity index (χ0v) is 12.3. The minimum absolute atomic E-state index is 0.528. The monoisotopic (exact) mass is 276 g/mol. The molecule has 3 nitrogen and oxygen atoms in total. The molecule has 1 heterocycles. The fraction of sp³-hybridized carbons (Fsp3) is 0.533. The van der Waals surface area contributed by atoms with Crippen LogP contribution in [0.4, 0.5) is 5.13 Å². The van der Waals surface area contributed by atoms with Gasteiger partial charge in [-0.3, -0.25) is 0 Å². The molecular formula is C15H20N2OS. The highest BCUT2D eigenvalue weighted by Gasteiger charge is 2.24. The highest BCUT2D eigenvalue weighted by atomic mass is 32.1. The van der Waals surface area contributed by atoms with Crippen LogP contribution in [0.3, 0.4) is 0 Å². The molecule has 1 saturated carbocycles. The smallest absolute Gasteiger partial charge is 0.184 e. The van der Waals surface area contributed by atoms with E-state index in [0.29, 0.717) is 12.6 Å². The van der Waals surface area contributed by atoms with E-state index in [4.69, 9.17) is 4.74 Å². The van der Waals surface area contributed by atoms with Gasteiger partial charge in [0.05, 0.1) is 16.8 Å². The first-order chi connectivity index (χ1) is 9.26. The molecule has 0 radical (unpaired) electrons. The van der Waals surface area contributed by atoms with E-state index >= 15 is 0 Å². The molecule has 1 aromatic heterocycles. The summed E-state index contributed by atoms with van der Waals surface area (Å²) in [6.07, 6.45) is 4.09. The van der Waals surface area contributed by atoms with Crippen LogP contribution in [0.15, 0.2) is 18.2 Å². The van der Waals surface area contributed by atoms with E-state index in [1.165, 1.54) is 24.0 Å². The Morgan fingerprint density at radius 2 is 2.32 bits per heavy atom. The second-order valence-corrected chi connectivity index (χ2v) is 6.24. The molecule has 0 amide bonds. The van der Waals surface area contributed by atoms with E-state index in [1.807, 2.05) is 19.1 Å². The predicted molar refractivity (Wildman–Crippen MR) is 81.2 cm³/mol. The summed E-state index contributed by atoms with van der Waals surface area (Å²) in [7, 11) is 0. The fourth-order valence-electron chi connectivity index (χ4n) is 2.48. The van der Waals surface area contributed by atoms with E-state index in [2.05, 4.69) is 23.3 Å². The number of hydrogen-bond acceptors (Lipinski definition) is 4. The first-order valence-electron chi connectivity index (χ1n) is 7.06. The normalized spacial score (nSPS) is 17.2. The van der Waals surface area contributed by atoms with Gasteiger partial charge in [0.25, 0.3) is 0 Å². The van der Waals surface area contributed by atoms with Gasteiger partial charge in [-0.15, -0.1) is 0 Å². The van der Waals surface area contributed by atoms with E-state index in [1.54, 1.807) is 11.3 Å². The van der Waals surface area contributed by atoms with E-state index in [0.717, 1.165) is 22.3 Å². The van der Waals surface area contributed by atoms with E-state index in [-0.39, 0.29) is 0 Å². The van der Waals surface area contributed by atoms with Gasteiger partial charge >= 0.3 is 0 Å². The van der Waals surface area contributed by atoms with Gasteiger partial charge < -0.3 is 10.1 Å². The lowest BCUT2D eigenvalue weighted by molar-refractivity contribution is 0.285. The lowest BCUT2D eigenvalue weighted by atomic mass is 9.80. The van der Waals surface area contributed by atoms with Crippen LogP contribution >= 0.6 is 11.3 Å². The summed E-state index contributed by atoms with van der Waals surface area (Å²) in [6, 6.07) is 6.64. The van der Waals surface area contributed by atoms with Crippen molar-refractivity contribution in [1.29, 1.82) is 0 Å². The van der Waals surface area contributed by atoms with Crippen LogP contribution in [0, 0.1) is 5.92 Å². The average molecular weight is 276 g/mol. The molecular weight excluding hydrogens is 256 g/mol. The minimum atomic E-state index is 0.528. The zero-order chi connectivity index (χ0) is 13.2. The predicted octanol–water partition coefficient (Wildman–Crippen LogP) is 4.30. The van der Waals surface area contributed by atoms with Gasteiger partial charge in [-0.1, -0.05) is 17.8 Å². The SMILES string of the molecule is CCOc1ccc2nc(NC(C)C3CCC3)sc2c1. The lowest BCUT2D eigenvalue weighted by Gasteiger charge is -2.31. The minimum Gasteiger partial charge on any atom is -0.494 e. The van der Waals surface area contributed by atoms with E-state index in [9.17, 15) is 0 Å². The second-order valence-electron chi connectivity index (χ2n) is 5.21. The molecule has 0 bridgehead atoms. The highest BCUT2D eigenvalue weighted by Crippen LogP contribution is 2.34. The quantitative estimate of drug-likeness (QED) is 0.884. The van der Waals surface area contributed by atoms with Crippen LogP contribution in [-0.4, -0.2) is 17.6 Å². The van der Waals surface area contributed by atoms with Crippen molar-refractivity contribution in [2.24, 2.45) is 5.92 Å². The van der Waals surface area contributed by atoms with Crippen LogP contribution in [0.25, 0.3) is 10.2 Å². The number of hydrogen-bond donors (Lipinski definition) is 1. The van der Waals surface area contributed by atoms with Crippen LogP contribution in [0.1, 0.15) is 33.1 Å². The largest absolute Gasteiger partial charge is 0.494 e. The summed E-state index contributed by atoms with van der Waals surface area (Å²) in [4.78, 5) is 4.65. The van der Waals surface area contributed by atoms with Crippen molar-refractivity contribution < 1.29 is 4.74 Å². The maximum atomic E-state index is 5.53. The Hall–Kier alpha value is -1.29. The summed E-state index contributed by atoms with van der Waals surface area (Å²) in [5.41, 5.74) is 1.05. The molecule has 1 atom stereocenters. The molecule has 2 aromatic rings. The van der Waals surface area contributed by atoms with Gasteiger partial charge in [-0.25, -0.2) is 4.98 Å². The number of aromatic nitrogens is 1. The van der Waals surface area contributed by atoms with Crippen molar-refractivity contribution in [2.75, 3.05) is 11.9 Å². The molecule has 1 N–H and O–H groups in total. The Morgan fingerprint density at radius 1 is 1.47 bits per heavy atom. The van der Waals surface area contributed by atoms with Gasteiger partial charge in [0.15, 0.2) is 5.13 Å². The Balaban J connectivity index is 1.76. The first-order valence-corrected chi connectivity index (χ1v) is 7.88. The lowest BCUT2D eigenvalue weighted by Crippen LogP contribution is -2.30. The molecule has 3 rings (SSSR count). The topological polar surface area (TPSA) is 34.1 Å². The molecule has 102 valence electrons. The summed E-state index contributed by atoms with van der Waals surface area (Å²) in [5.74, 6) is 1.75. The maximum Gasteiger partial charge on any atom is 0.184 e. The number of ether oxygens (including phenoxy) is 1. The molecule has 1 aliphatic rings. The van der Waals surface area contributed by atoms with Crippen molar-refractivity contribution in [3.63, 3.8) is 0 Å². The fourth-order valence-corrected chi connectivity index (χ4v) is 3.47. The number of nitrogens with one attached hydrogen (secondary N) is 1. The van der Waals surface area contributed by atoms with Crippen molar-refractivity contribution in [3.8, 4) is 5.75 Å². The zero-order valence-electron chi connectivity index (χ0n) is 11.5. The van der Waals surface area contributed by atoms with Crippen LogP contribution in [0.5, 0.6) is 5.75 Å². The third-order valence-corrected chi connectivity index (χ3v) is 4.83. The van der Waals surface area contributed by atoms with Crippen LogP contribution in [-0.2, 0) is 0 Å². The number of nitrogens with zero attached hydrogens (tertiary/aromatic N) is 1. The number of fused-ring (bicyclic) bond motifs is 1. The number of benzene rings is 1. The molecule has 1 aromatic carbocycles.